The predicted molar refractivity (Wildman–Crippen MR) is 95.0 cm³/mol. The molecule has 1 N–H and O–H groups in total. The number of para-hydroxylation sites is 1. The van der Waals surface area contributed by atoms with Gasteiger partial charge < -0.3 is 9.73 Å². The van der Waals surface area contributed by atoms with Crippen molar-refractivity contribution >= 4 is 22.7 Å². The summed E-state index contributed by atoms with van der Waals surface area (Å²) in [5.41, 5.74) is 4.30. The zero-order chi connectivity index (χ0) is 17.4. The summed E-state index contributed by atoms with van der Waals surface area (Å²) in [5, 5.41) is 7.22. The number of amides is 1. The molecule has 2 aromatic carbocycles. The van der Waals surface area contributed by atoms with Gasteiger partial charge in [0.25, 0.3) is 5.91 Å². The molecule has 2 heterocycles. The van der Waals surface area contributed by atoms with Crippen LogP contribution in [0.2, 0.25) is 0 Å². The molecule has 0 saturated carbocycles. The van der Waals surface area contributed by atoms with Gasteiger partial charge in [0.1, 0.15) is 5.52 Å². The van der Waals surface area contributed by atoms with E-state index in [0.717, 1.165) is 11.4 Å². The van der Waals surface area contributed by atoms with Crippen LogP contribution in [0.5, 0.6) is 0 Å². The molecule has 6 nitrogen and oxygen atoms in total. The lowest BCUT2D eigenvalue weighted by molar-refractivity contribution is 0.102. The molecule has 0 aliphatic heterocycles. The standard InChI is InChI=1S/C19H16N4O2/c1-12-16(11-20-23(12)15-6-4-3-5-7-15)19(24)22-14-8-9-18-17(10-14)21-13(2)25-18/h3-11H,1-2H3,(H,22,24). The minimum atomic E-state index is -0.209. The molecular formula is C19H16N4O2. The van der Waals surface area contributed by atoms with Gasteiger partial charge in [-0.25, -0.2) is 9.67 Å². The maximum Gasteiger partial charge on any atom is 0.259 e. The number of carbonyl (C=O) groups is 1. The Kier molecular flexibility index (Phi) is 3.57. The first-order chi connectivity index (χ1) is 12.1. The lowest BCUT2D eigenvalue weighted by Crippen LogP contribution is -2.13. The molecule has 0 unspecified atom stereocenters. The van der Waals surface area contributed by atoms with E-state index in [4.69, 9.17) is 4.42 Å². The van der Waals surface area contributed by atoms with Gasteiger partial charge in [0, 0.05) is 12.6 Å². The first-order valence-corrected chi connectivity index (χ1v) is 7.90. The van der Waals surface area contributed by atoms with Crippen LogP contribution >= 0.6 is 0 Å². The van der Waals surface area contributed by atoms with Gasteiger partial charge >= 0.3 is 0 Å². The van der Waals surface area contributed by atoms with Crippen molar-refractivity contribution in [2.24, 2.45) is 0 Å². The van der Waals surface area contributed by atoms with E-state index in [1.807, 2.05) is 37.3 Å². The monoisotopic (exact) mass is 332 g/mol. The molecule has 0 saturated heterocycles. The van der Waals surface area contributed by atoms with Gasteiger partial charge in [0.15, 0.2) is 11.5 Å². The number of oxazole rings is 1. The van der Waals surface area contributed by atoms with E-state index in [-0.39, 0.29) is 5.91 Å². The molecule has 0 bridgehead atoms. The minimum absolute atomic E-state index is 0.209. The number of hydrogen-bond acceptors (Lipinski definition) is 4. The average molecular weight is 332 g/mol. The quantitative estimate of drug-likeness (QED) is 0.618. The van der Waals surface area contributed by atoms with Gasteiger partial charge in [-0.05, 0) is 37.3 Å². The van der Waals surface area contributed by atoms with Crippen LogP contribution in [0.4, 0.5) is 5.69 Å². The average Bonchev–Trinajstić information content (AvgIpc) is 3.17. The fraction of sp³-hybridized carbons (Fsp3) is 0.105. The summed E-state index contributed by atoms with van der Waals surface area (Å²) in [6.07, 6.45) is 1.58. The zero-order valence-corrected chi connectivity index (χ0v) is 13.9. The van der Waals surface area contributed by atoms with Crippen molar-refractivity contribution < 1.29 is 9.21 Å². The summed E-state index contributed by atoms with van der Waals surface area (Å²) in [6, 6.07) is 15.1. The molecule has 124 valence electrons. The highest BCUT2D eigenvalue weighted by Gasteiger charge is 2.15. The SMILES string of the molecule is Cc1nc2cc(NC(=O)c3cnn(-c4ccccc4)c3C)ccc2o1. The first-order valence-electron chi connectivity index (χ1n) is 7.90. The molecule has 25 heavy (non-hydrogen) atoms. The lowest BCUT2D eigenvalue weighted by atomic mass is 10.2. The van der Waals surface area contributed by atoms with E-state index < -0.39 is 0 Å². The highest BCUT2D eigenvalue weighted by atomic mass is 16.3. The molecule has 0 aliphatic rings. The Morgan fingerprint density at radius 3 is 2.72 bits per heavy atom. The molecule has 1 amide bonds. The van der Waals surface area contributed by atoms with Crippen LogP contribution in [0.15, 0.2) is 59.1 Å². The van der Waals surface area contributed by atoms with Crippen molar-refractivity contribution in [3.63, 3.8) is 0 Å². The third kappa shape index (κ3) is 2.78. The Hall–Kier alpha value is -3.41. The summed E-state index contributed by atoms with van der Waals surface area (Å²) in [6.45, 7) is 3.67. The summed E-state index contributed by atoms with van der Waals surface area (Å²) >= 11 is 0. The number of aromatic nitrogens is 3. The fourth-order valence-corrected chi connectivity index (χ4v) is 2.78. The number of carbonyl (C=O) groups excluding carboxylic acids is 1. The first kappa shape index (κ1) is 15.1. The number of fused-ring (bicyclic) bond motifs is 1. The topological polar surface area (TPSA) is 73.0 Å². The van der Waals surface area contributed by atoms with E-state index in [2.05, 4.69) is 15.4 Å². The summed E-state index contributed by atoms with van der Waals surface area (Å²) in [4.78, 5) is 16.9. The third-order valence-corrected chi connectivity index (χ3v) is 4.01. The molecular weight excluding hydrogens is 316 g/mol. The zero-order valence-electron chi connectivity index (χ0n) is 13.9. The molecule has 0 atom stereocenters. The summed E-state index contributed by atoms with van der Waals surface area (Å²) in [5.74, 6) is 0.387. The van der Waals surface area contributed by atoms with Gasteiger partial charge in [0.05, 0.1) is 23.1 Å². The molecule has 6 heteroatoms. The Balaban J connectivity index is 1.61. The van der Waals surface area contributed by atoms with Gasteiger partial charge in [-0.3, -0.25) is 4.79 Å². The van der Waals surface area contributed by atoms with Crippen LogP contribution in [-0.4, -0.2) is 20.7 Å². The highest BCUT2D eigenvalue weighted by molar-refractivity contribution is 6.05. The Morgan fingerprint density at radius 2 is 1.92 bits per heavy atom. The maximum atomic E-state index is 12.6. The van der Waals surface area contributed by atoms with Gasteiger partial charge in [0.2, 0.25) is 0 Å². The number of nitrogens with zero attached hydrogens (tertiary/aromatic N) is 3. The predicted octanol–water partition coefficient (Wildman–Crippen LogP) is 3.88. The smallest absolute Gasteiger partial charge is 0.259 e. The van der Waals surface area contributed by atoms with Crippen molar-refractivity contribution in [2.45, 2.75) is 13.8 Å². The normalized spacial score (nSPS) is 11.0. The van der Waals surface area contributed by atoms with Crippen LogP contribution < -0.4 is 5.32 Å². The Morgan fingerprint density at radius 1 is 1.12 bits per heavy atom. The van der Waals surface area contributed by atoms with Crippen LogP contribution in [0, 0.1) is 13.8 Å². The molecule has 0 radical (unpaired) electrons. The van der Waals surface area contributed by atoms with Crippen molar-refractivity contribution in [1.82, 2.24) is 14.8 Å². The third-order valence-electron chi connectivity index (χ3n) is 4.01. The molecule has 4 rings (SSSR count). The molecule has 4 aromatic rings. The second kappa shape index (κ2) is 5.90. The van der Waals surface area contributed by atoms with Gasteiger partial charge in [-0.15, -0.1) is 0 Å². The molecule has 0 aliphatic carbocycles. The highest BCUT2D eigenvalue weighted by Crippen LogP contribution is 2.21. The number of benzene rings is 2. The largest absolute Gasteiger partial charge is 0.441 e. The Labute approximate surface area is 144 Å². The second-order valence-electron chi connectivity index (χ2n) is 5.76. The van der Waals surface area contributed by atoms with Crippen molar-refractivity contribution in [3.8, 4) is 5.69 Å². The number of anilines is 1. The van der Waals surface area contributed by atoms with Gasteiger partial charge in [-0.1, -0.05) is 18.2 Å². The summed E-state index contributed by atoms with van der Waals surface area (Å²) < 4.78 is 7.20. The van der Waals surface area contributed by atoms with Crippen molar-refractivity contribution in [2.75, 3.05) is 5.32 Å². The van der Waals surface area contributed by atoms with Crippen LogP contribution in [0.1, 0.15) is 21.9 Å². The van der Waals surface area contributed by atoms with Crippen LogP contribution in [0.25, 0.3) is 16.8 Å². The molecule has 0 spiro atoms. The van der Waals surface area contributed by atoms with Crippen LogP contribution in [0.3, 0.4) is 0 Å². The fourth-order valence-electron chi connectivity index (χ4n) is 2.78. The van der Waals surface area contributed by atoms with Crippen molar-refractivity contribution in [3.05, 3.63) is 71.9 Å². The molecule has 0 fully saturated rings. The lowest BCUT2D eigenvalue weighted by Gasteiger charge is -2.06. The number of hydrogen-bond donors (Lipinski definition) is 1. The Bertz CT molecular complexity index is 1060. The van der Waals surface area contributed by atoms with E-state index >= 15 is 0 Å². The van der Waals surface area contributed by atoms with E-state index in [9.17, 15) is 4.79 Å². The van der Waals surface area contributed by atoms with Crippen LogP contribution in [-0.2, 0) is 0 Å². The molecule has 2 aromatic heterocycles. The van der Waals surface area contributed by atoms with Gasteiger partial charge in [-0.2, -0.15) is 5.10 Å². The number of nitrogens with one attached hydrogen (secondary N) is 1. The van der Waals surface area contributed by atoms with E-state index in [1.54, 1.807) is 36.0 Å². The second-order valence-corrected chi connectivity index (χ2v) is 5.76. The summed E-state index contributed by atoms with van der Waals surface area (Å²) in [7, 11) is 0. The van der Waals surface area contributed by atoms with E-state index in [0.29, 0.717) is 28.2 Å². The number of rotatable bonds is 3. The maximum absolute atomic E-state index is 12.6. The number of aryl methyl sites for hydroxylation is 1. The van der Waals surface area contributed by atoms with E-state index in [1.165, 1.54) is 0 Å². The van der Waals surface area contributed by atoms with Crippen molar-refractivity contribution in [1.29, 1.82) is 0 Å². The minimum Gasteiger partial charge on any atom is -0.441 e.